The fourth-order valence-electron chi connectivity index (χ4n) is 3.09. The van der Waals surface area contributed by atoms with Crippen LogP contribution in [0.25, 0.3) is 6.08 Å². The first kappa shape index (κ1) is 17.9. The van der Waals surface area contributed by atoms with Crippen LogP contribution in [0.1, 0.15) is 31.4 Å². The number of amides is 1. The lowest BCUT2D eigenvalue weighted by Gasteiger charge is -2.16. The van der Waals surface area contributed by atoms with Crippen molar-refractivity contribution < 1.29 is 9.53 Å². The van der Waals surface area contributed by atoms with Crippen molar-refractivity contribution >= 4 is 34.6 Å². The lowest BCUT2D eigenvalue weighted by molar-refractivity contribution is -0.113. The number of benzene rings is 2. The fraction of sp³-hybridized carbons (Fsp3) is 0.273. The lowest BCUT2D eigenvalue weighted by Crippen LogP contribution is -2.29. The predicted octanol–water partition coefficient (Wildman–Crippen LogP) is 4.90. The minimum absolute atomic E-state index is 0.0231. The van der Waals surface area contributed by atoms with E-state index in [0.717, 1.165) is 41.6 Å². The van der Waals surface area contributed by atoms with Crippen molar-refractivity contribution in [2.45, 2.75) is 32.7 Å². The minimum Gasteiger partial charge on any atom is -0.493 e. The Morgan fingerprint density at radius 3 is 2.85 bits per heavy atom. The van der Waals surface area contributed by atoms with E-state index in [0.29, 0.717) is 4.91 Å². The Hall–Kier alpha value is -2.53. The molecule has 0 spiro atoms. The second-order valence-electron chi connectivity index (χ2n) is 6.72. The molecule has 4 nitrogen and oxygen atoms in total. The highest BCUT2D eigenvalue weighted by atomic mass is 32.2. The van der Waals surface area contributed by atoms with Crippen molar-refractivity contribution in [1.82, 2.24) is 0 Å². The fourth-order valence-corrected chi connectivity index (χ4v) is 4.17. The summed E-state index contributed by atoms with van der Waals surface area (Å²) in [5.41, 5.74) is 3.07. The Kier molecular flexibility index (Phi) is 5.03. The average molecular weight is 378 g/mol. The molecule has 0 N–H and O–H groups in total. The van der Waals surface area contributed by atoms with Gasteiger partial charge in [0.05, 0.1) is 17.2 Å². The lowest BCUT2D eigenvalue weighted by atomic mass is 10.1. The van der Waals surface area contributed by atoms with Gasteiger partial charge in [-0.25, -0.2) is 0 Å². The van der Waals surface area contributed by atoms with E-state index in [1.807, 2.05) is 48.5 Å². The van der Waals surface area contributed by atoms with Crippen molar-refractivity contribution in [1.29, 1.82) is 0 Å². The van der Waals surface area contributed by atoms with Crippen LogP contribution in [0.4, 0.5) is 5.69 Å². The summed E-state index contributed by atoms with van der Waals surface area (Å²) in [5.74, 6) is 0.928. The Morgan fingerprint density at radius 2 is 2.07 bits per heavy atom. The summed E-state index contributed by atoms with van der Waals surface area (Å²) in [6.45, 7) is 4.91. The Bertz CT molecular complexity index is 921. The molecule has 0 bridgehead atoms. The molecule has 1 amide bonds. The molecule has 2 aliphatic heterocycles. The van der Waals surface area contributed by atoms with Gasteiger partial charge in [0.15, 0.2) is 5.17 Å². The molecule has 1 atom stereocenters. The molecule has 1 saturated heterocycles. The zero-order chi connectivity index (χ0) is 18.8. The number of ether oxygens (including phenoxy) is 1. The van der Waals surface area contributed by atoms with Crippen molar-refractivity contribution in [3.63, 3.8) is 0 Å². The highest BCUT2D eigenvalue weighted by Crippen LogP contribution is 2.37. The van der Waals surface area contributed by atoms with E-state index in [-0.39, 0.29) is 11.9 Å². The van der Waals surface area contributed by atoms with E-state index < -0.39 is 0 Å². The first-order valence-corrected chi connectivity index (χ1v) is 10.1. The molecule has 27 heavy (non-hydrogen) atoms. The van der Waals surface area contributed by atoms with Crippen LogP contribution < -0.4 is 9.64 Å². The van der Waals surface area contributed by atoms with Gasteiger partial charge >= 0.3 is 0 Å². The molecule has 2 aliphatic rings. The zero-order valence-electron chi connectivity index (χ0n) is 15.5. The molecule has 0 saturated carbocycles. The number of rotatable bonds is 4. The number of nitrogens with zero attached hydrogens (tertiary/aromatic N) is 2. The number of anilines is 1. The molecule has 1 fully saturated rings. The van der Waals surface area contributed by atoms with Crippen LogP contribution >= 0.6 is 11.8 Å². The van der Waals surface area contributed by atoms with Crippen LogP contribution in [0.15, 0.2) is 58.4 Å². The summed E-state index contributed by atoms with van der Waals surface area (Å²) in [6, 6.07) is 16.0. The molecule has 0 radical (unpaired) electrons. The molecular weight excluding hydrogens is 356 g/mol. The number of para-hydroxylation sites is 1. The molecule has 1 unspecified atom stereocenters. The van der Waals surface area contributed by atoms with E-state index in [2.05, 4.69) is 19.9 Å². The molecule has 2 aromatic carbocycles. The average Bonchev–Trinajstić information content (AvgIpc) is 3.27. The Labute approximate surface area is 163 Å². The van der Waals surface area contributed by atoms with Gasteiger partial charge in [-0.15, -0.1) is 0 Å². The summed E-state index contributed by atoms with van der Waals surface area (Å²) in [4.78, 5) is 20.3. The van der Waals surface area contributed by atoms with Gasteiger partial charge in [0, 0.05) is 12.5 Å². The predicted molar refractivity (Wildman–Crippen MR) is 112 cm³/mol. The molecular formula is C22H22N2O2S. The second kappa shape index (κ2) is 7.61. The summed E-state index contributed by atoms with van der Waals surface area (Å²) in [7, 11) is 0. The van der Waals surface area contributed by atoms with Crippen LogP contribution in [0, 0.1) is 0 Å². The highest BCUT2D eigenvalue weighted by Gasteiger charge is 2.34. The maximum Gasteiger partial charge on any atom is 0.271 e. The molecule has 0 aliphatic carbocycles. The SMILES string of the molecule is CCC(C)N=C1S/C(=C\c2ccc3c(c2)CCO3)C(=O)N1c1ccccc1. The van der Waals surface area contributed by atoms with Crippen molar-refractivity contribution in [3.05, 3.63) is 64.6 Å². The number of amidine groups is 1. The van der Waals surface area contributed by atoms with Gasteiger partial charge < -0.3 is 4.74 Å². The Balaban J connectivity index is 1.70. The number of carbonyl (C=O) groups excluding carboxylic acids is 1. The number of aliphatic imine (C=N–C) groups is 1. The minimum atomic E-state index is -0.0231. The maximum absolute atomic E-state index is 13.2. The molecule has 0 aromatic heterocycles. The first-order valence-electron chi connectivity index (χ1n) is 9.28. The summed E-state index contributed by atoms with van der Waals surface area (Å²) >= 11 is 1.45. The van der Waals surface area contributed by atoms with E-state index in [4.69, 9.17) is 9.73 Å². The number of hydrogen-bond donors (Lipinski definition) is 0. The third kappa shape index (κ3) is 3.65. The topological polar surface area (TPSA) is 41.9 Å². The maximum atomic E-state index is 13.2. The molecule has 2 heterocycles. The number of thioether (sulfide) groups is 1. The van der Waals surface area contributed by atoms with Crippen LogP contribution in [0.3, 0.4) is 0 Å². The second-order valence-corrected chi connectivity index (χ2v) is 7.73. The standard InChI is InChI=1S/C22H22N2O2S/c1-3-15(2)23-22-24(18-7-5-4-6-8-18)21(25)20(27-22)14-16-9-10-19-17(13-16)11-12-26-19/h4-10,13-15H,3,11-12H2,1-2H3/b20-14-,23-22?. The van der Waals surface area contributed by atoms with Gasteiger partial charge in [-0.3, -0.25) is 14.7 Å². The van der Waals surface area contributed by atoms with Gasteiger partial charge in [0.2, 0.25) is 0 Å². The van der Waals surface area contributed by atoms with Crippen LogP contribution in [-0.4, -0.2) is 23.7 Å². The third-order valence-corrected chi connectivity index (χ3v) is 5.74. The largest absolute Gasteiger partial charge is 0.493 e. The van der Waals surface area contributed by atoms with Crippen molar-refractivity contribution in [3.8, 4) is 5.75 Å². The van der Waals surface area contributed by atoms with E-state index >= 15 is 0 Å². The first-order chi connectivity index (χ1) is 13.2. The smallest absolute Gasteiger partial charge is 0.271 e. The highest BCUT2D eigenvalue weighted by molar-refractivity contribution is 8.19. The number of carbonyl (C=O) groups is 1. The van der Waals surface area contributed by atoms with Crippen LogP contribution in [-0.2, 0) is 11.2 Å². The van der Waals surface area contributed by atoms with Crippen molar-refractivity contribution in [2.24, 2.45) is 4.99 Å². The third-order valence-electron chi connectivity index (χ3n) is 4.75. The molecule has 4 rings (SSSR count). The number of fused-ring (bicyclic) bond motifs is 1. The van der Waals surface area contributed by atoms with Gasteiger partial charge in [0.1, 0.15) is 5.75 Å². The van der Waals surface area contributed by atoms with Crippen LogP contribution in [0.5, 0.6) is 5.75 Å². The van der Waals surface area contributed by atoms with Gasteiger partial charge in [-0.05, 0) is 66.6 Å². The van der Waals surface area contributed by atoms with E-state index in [1.165, 1.54) is 17.3 Å². The van der Waals surface area contributed by atoms with Gasteiger partial charge in [-0.2, -0.15) is 0 Å². The normalized spacial score (nSPS) is 20.2. The summed E-state index contributed by atoms with van der Waals surface area (Å²) in [6.07, 6.45) is 3.82. The number of hydrogen-bond acceptors (Lipinski definition) is 4. The quantitative estimate of drug-likeness (QED) is 0.711. The van der Waals surface area contributed by atoms with Crippen molar-refractivity contribution in [2.75, 3.05) is 11.5 Å². The van der Waals surface area contributed by atoms with E-state index in [1.54, 1.807) is 4.90 Å². The summed E-state index contributed by atoms with van der Waals surface area (Å²) < 4.78 is 5.57. The van der Waals surface area contributed by atoms with Gasteiger partial charge in [-0.1, -0.05) is 31.2 Å². The molecule has 5 heteroatoms. The zero-order valence-corrected chi connectivity index (χ0v) is 16.3. The van der Waals surface area contributed by atoms with Gasteiger partial charge in [0.25, 0.3) is 5.91 Å². The molecule has 2 aromatic rings. The molecule has 138 valence electrons. The monoisotopic (exact) mass is 378 g/mol. The van der Waals surface area contributed by atoms with E-state index in [9.17, 15) is 4.79 Å². The summed E-state index contributed by atoms with van der Waals surface area (Å²) in [5, 5.41) is 0.747. The Morgan fingerprint density at radius 1 is 1.26 bits per heavy atom. The van der Waals surface area contributed by atoms with Crippen LogP contribution in [0.2, 0.25) is 0 Å².